The summed E-state index contributed by atoms with van der Waals surface area (Å²) in [5.74, 6) is 0.571. The molecule has 0 saturated carbocycles. The molecule has 1 heterocycles. The van der Waals surface area contributed by atoms with Gasteiger partial charge in [0, 0.05) is 0 Å². The maximum Gasteiger partial charge on any atom is 0.137 e. The molecule has 4 heteroatoms. The van der Waals surface area contributed by atoms with E-state index < -0.39 is 0 Å². The minimum Gasteiger partial charge on any atom is -0.317 e. The first-order valence-electron chi connectivity index (χ1n) is 4.80. The molecular weight excluding hydrogens is 164 g/mol. The summed E-state index contributed by atoms with van der Waals surface area (Å²) in [6.07, 6.45) is 3.35. The molecule has 0 aliphatic carbocycles. The van der Waals surface area contributed by atoms with E-state index in [9.17, 15) is 0 Å². The summed E-state index contributed by atoms with van der Waals surface area (Å²) < 4.78 is 1.90. The SMILES string of the molecule is CCNCC(C)C(C)n1cncn1. The lowest BCUT2D eigenvalue weighted by atomic mass is 10.0. The molecule has 0 fully saturated rings. The normalized spacial score (nSPS) is 15.6. The molecule has 0 aliphatic rings. The highest BCUT2D eigenvalue weighted by Crippen LogP contribution is 2.14. The Hall–Kier alpha value is -0.900. The lowest BCUT2D eigenvalue weighted by Crippen LogP contribution is -2.26. The van der Waals surface area contributed by atoms with Crippen LogP contribution in [0.5, 0.6) is 0 Å². The van der Waals surface area contributed by atoms with Gasteiger partial charge in [-0.1, -0.05) is 13.8 Å². The fraction of sp³-hybridized carbons (Fsp3) is 0.778. The Kier molecular flexibility index (Phi) is 3.89. The lowest BCUT2D eigenvalue weighted by Gasteiger charge is -2.19. The van der Waals surface area contributed by atoms with Crippen LogP contribution in [0.25, 0.3) is 0 Å². The second-order valence-electron chi connectivity index (χ2n) is 3.40. The van der Waals surface area contributed by atoms with Crippen molar-refractivity contribution < 1.29 is 0 Å². The molecule has 13 heavy (non-hydrogen) atoms. The zero-order valence-corrected chi connectivity index (χ0v) is 8.57. The summed E-state index contributed by atoms with van der Waals surface area (Å²) >= 11 is 0. The average Bonchev–Trinajstić information content (AvgIpc) is 2.65. The Balaban J connectivity index is 2.43. The van der Waals surface area contributed by atoms with Crippen molar-refractivity contribution in [1.29, 1.82) is 0 Å². The van der Waals surface area contributed by atoms with Crippen molar-refractivity contribution in [3.63, 3.8) is 0 Å². The number of nitrogens with zero attached hydrogens (tertiary/aromatic N) is 3. The van der Waals surface area contributed by atoms with E-state index in [1.165, 1.54) is 0 Å². The summed E-state index contributed by atoms with van der Waals surface area (Å²) in [6, 6.07) is 0.404. The van der Waals surface area contributed by atoms with Crippen molar-refractivity contribution in [3.8, 4) is 0 Å². The van der Waals surface area contributed by atoms with Crippen LogP contribution in [-0.4, -0.2) is 27.9 Å². The summed E-state index contributed by atoms with van der Waals surface area (Å²) in [7, 11) is 0. The van der Waals surface area contributed by atoms with E-state index in [1.54, 1.807) is 12.7 Å². The van der Waals surface area contributed by atoms with Gasteiger partial charge in [0.1, 0.15) is 12.7 Å². The fourth-order valence-electron chi connectivity index (χ4n) is 1.23. The van der Waals surface area contributed by atoms with Gasteiger partial charge in [-0.05, 0) is 25.9 Å². The third-order valence-corrected chi connectivity index (χ3v) is 2.39. The van der Waals surface area contributed by atoms with Crippen molar-refractivity contribution >= 4 is 0 Å². The molecule has 4 nitrogen and oxygen atoms in total. The molecule has 0 aromatic carbocycles. The molecule has 1 N–H and O–H groups in total. The highest BCUT2D eigenvalue weighted by Gasteiger charge is 2.13. The molecule has 2 unspecified atom stereocenters. The standard InChI is InChI=1S/C9H18N4/c1-4-10-5-8(2)9(3)13-7-11-6-12-13/h6-10H,4-5H2,1-3H3. The zero-order chi connectivity index (χ0) is 9.68. The third kappa shape index (κ3) is 2.81. The number of aromatic nitrogens is 3. The molecule has 0 spiro atoms. The van der Waals surface area contributed by atoms with Crippen LogP contribution in [0.3, 0.4) is 0 Å². The summed E-state index contributed by atoms with van der Waals surface area (Å²) in [6.45, 7) is 8.55. The van der Waals surface area contributed by atoms with Gasteiger partial charge in [0.05, 0.1) is 6.04 Å². The van der Waals surface area contributed by atoms with Crippen molar-refractivity contribution in [2.45, 2.75) is 26.8 Å². The molecule has 0 radical (unpaired) electrons. The lowest BCUT2D eigenvalue weighted by molar-refractivity contribution is 0.338. The molecule has 1 aromatic heterocycles. The van der Waals surface area contributed by atoms with E-state index in [1.807, 2.05) is 4.68 Å². The summed E-state index contributed by atoms with van der Waals surface area (Å²) in [5.41, 5.74) is 0. The van der Waals surface area contributed by atoms with E-state index in [0.717, 1.165) is 13.1 Å². The average molecular weight is 182 g/mol. The Morgan fingerprint density at radius 1 is 1.46 bits per heavy atom. The van der Waals surface area contributed by atoms with Crippen LogP contribution in [0.4, 0.5) is 0 Å². The summed E-state index contributed by atoms with van der Waals surface area (Å²) in [4.78, 5) is 3.94. The van der Waals surface area contributed by atoms with Crippen molar-refractivity contribution in [3.05, 3.63) is 12.7 Å². The second kappa shape index (κ2) is 4.97. The quantitative estimate of drug-likeness (QED) is 0.741. The predicted molar refractivity (Wildman–Crippen MR) is 52.4 cm³/mol. The maximum atomic E-state index is 4.12. The number of hydrogen-bond acceptors (Lipinski definition) is 3. The van der Waals surface area contributed by atoms with Gasteiger partial charge in [-0.2, -0.15) is 5.10 Å². The van der Waals surface area contributed by atoms with E-state index in [-0.39, 0.29) is 0 Å². The van der Waals surface area contributed by atoms with Crippen LogP contribution in [0.1, 0.15) is 26.8 Å². The molecule has 74 valence electrons. The first-order chi connectivity index (χ1) is 6.25. The fourth-order valence-corrected chi connectivity index (χ4v) is 1.23. The second-order valence-corrected chi connectivity index (χ2v) is 3.40. The highest BCUT2D eigenvalue weighted by molar-refractivity contribution is 4.71. The predicted octanol–water partition coefficient (Wildman–Crippen LogP) is 1.08. The van der Waals surface area contributed by atoms with Gasteiger partial charge in [-0.3, -0.25) is 0 Å². The van der Waals surface area contributed by atoms with Gasteiger partial charge >= 0.3 is 0 Å². The Bertz CT molecular complexity index is 220. The Morgan fingerprint density at radius 3 is 2.77 bits per heavy atom. The summed E-state index contributed by atoms with van der Waals surface area (Å²) in [5, 5.41) is 7.45. The smallest absolute Gasteiger partial charge is 0.137 e. The van der Waals surface area contributed by atoms with E-state index in [2.05, 4.69) is 36.2 Å². The van der Waals surface area contributed by atoms with Gasteiger partial charge in [-0.25, -0.2) is 9.67 Å². The van der Waals surface area contributed by atoms with E-state index in [4.69, 9.17) is 0 Å². The number of nitrogens with one attached hydrogen (secondary N) is 1. The third-order valence-electron chi connectivity index (χ3n) is 2.39. The molecule has 1 rings (SSSR count). The monoisotopic (exact) mass is 182 g/mol. The molecule has 0 aliphatic heterocycles. The first kappa shape index (κ1) is 10.2. The number of hydrogen-bond donors (Lipinski definition) is 1. The van der Waals surface area contributed by atoms with Gasteiger partial charge in [0.2, 0.25) is 0 Å². The minimum atomic E-state index is 0.404. The highest BCUT2D eigenvalue weighted by atomic mass is 15.3. The van der Waals surface area contributed by atoms with E-state index >= 15 is 0 Å². The molecule has 0 amide bonds. The van der Waals surface area contributed by atoms with Crippen LogP contribution < -0.4 is 5.32 Å². The largest absolute Gasteiger partial charge is 0.317 e. The van der Waals surface area contributed by atoms with Crippen molar-refractivity contribution in [1.82, 2.24) is 20.1 Å². The van der Waals surface area contributed by atoms with Gasteiger partial charge in [0.25, 0.3) is 0 Å². The molecular formula is C9H18N4. The van der Waals surface area contributed by atoms with Gasteiger partial charge in [-0.15, -0.1) is 0 Å². The maximum absolute atomic E-state index is 4.12. The molecule has 0 bridgehead atoms. The zero-order valence-electron chi connectivity index (χ0n) is 8.57. The van der Waals surface area contributed by atoms with Crippen molar-refractivity contribution in [2.24, 2.45) is 5.92 Å². The van der Waals surface area contributed by atoms with Crippen LogP contribution in [-0.2, 0) is 0 Å². The Labute approximate surface area is 79.4 Å². The van der Waals surface area contributed by atoms with Crippen LogP contribution in [0.2, 0.25) is 0 Å². The molecule has 0 saturated heterocycles. The van der Waals surface area contributed by atoms with Crippen LogP contribution >= 0.6 is 0 Å². The molecule has 2 atom stereocenters. The van der Waals surface area contributed by atoms with Gasteiger partial charge in [0.15, 0.2) is 0 Å². The van der Waals surface area contributed by atoms with Crippen LogP contribution in [0, 0.1) is 5.92 Å². The number of rotatable bonds is 5. The topological polar surface area (TPSA) is 42.7 Å². The van der Waals surface area contributed by atoms with Crippen LogP contribution in [0.15, 0.2) is 12.7 Å². The Morgan fingerprint density at radius 2 is 2.23 bits per heavy atom. The molecule has 1 aromatic rings. The first-order valence-corrected chi connectivity index (χ1v) is 4.80. The minimum absolute atomic E-state index is 0.404. The van der Waals surface area contributed by atoms with E-state index in [0.29, 0.717) is 12.0 Å². The van der Waals surface area contributed by atoms with Gasteiger partial charge < -0.3 is 5.32 Å². The van der Waals surface area contributed by atoms with Crippen molar-refractivity contribution in [2.75, 3.05) is 13.1 Å².